The third kappa shape index (κ3) is 4.11. The average molecular weight is 452 g/mol. The van der Waals surface area contributed by atoms with Crippen molar-refractivity contribution in [2.24, 2.45) is 0 Å². The molecule has 0 bridgehead atoms. The molecule has 2 heterocycles. The highest BCUT2D eigenvalue weighted by Crippen LogP contribution is 2.59. The maximum atomic E-state index is 13.6. The molecular formula is C24H19ClFN3OS. The molecule has 0 aliphatic carbocycles. The Hall–Kier alpha value is -2.67. The molecule has 0 unspecified atom stereocenters. The minimum atomic E-state index is -0.686. The lowest BCUT2D eigenvalue weighted by Gasteiger charge is -2.16. The fourth-order valence-electron chi connectivity index (χ4n) is 3.76. The number of halogens is 2. The Morgan fingerprint density at radius 2 is 1.74 bits per heavy atom. The predicted octanol–water partition coefficient (Wildman–Crippen LogP) is 6.03. The van der Waals surface area contributed by atoms with Crippen molar-refractivity contribution in [3.05, 3.63) is 113 Å². The number of hydrogen-bond donors (Lipinski definition) is 0. The van der Waals surface area contributed by atoms with Gasteiger partial charge in [0.15, 0.2) is 5.16 Å². The van der Waals surface area contributed by atoms with Crippen molar-refractivity contribution in [1.82, 2.24) is 14.8 Å². The quantitative estimate of drug-likeness (QED) is 0.254. The molecule has 5 rings (SSSR count). The Morgan fingerprint density at radius 3 is 2.52 bits per heavy atom. The van der Waals surface area contributed by atoms with Crippen LogP contribution in [0.5, 0.6) is 0 Å². The summed E-state index contributed by atoms with van der Waals surface area (Å²) in [5.41, 5.74) is 2.32. The standard InChI is InChI=1S/C24H19ClFN3OS/c25-21-9-5-4-8-20(21)22-24(30-22,18-10-12-19(26)13-11-18)15-29-23(27-16-28-29)31-14-17-6-2-1-3-7-17/h1-13,16,22H,14-15H2/t22-,24+/m1/s1. The molecule has 4 nitrogen and oxygen atoms in total. The van der Waals surface area contributed by atoms with Gasteiger partial charge in [0.25, 0.3) is 0 Å². The van der Waals surface area contributed by atoms with Crippen LogP contribution in [-0.2, 0) is 22.6 Å². The monoisotopic (exact) mass is 451 g/mol. The van der Waals surface area contributed by atoms with E-state index in [9.17, 15) is 4.39 Å². The van der Waals surface area contributed by atoms with Gasteiger partial charge in [-0.25, -0.2) is 14.1 Å². The second-order valence-corrected chi connectivity index (χ2v) is 8.74. The summed E-state index contributed by atoms with van der Waals surface area (Å²) < 4.78 is 21.7. The molecular weight excluding hydrogens is 433 g/mol. The molecule has 0 amide bonds. The summed E-state index contributed by atoms with van der Waals surface area (Å²) in [6.07, 6.45) is 1.31. The number of thioether (sulfide) groups is 1. The fourth-order valence-corrected chi connectivity index (χ4v) is 4.87. The van der Waals surface area contributed by atoms with E-state index in [0.717, 1.165) is 22.0 Å². The SMILES string of the molecule is Fc1ccc([C@]2(Cn3ncnc3SCc3ccccc3)O[C@@H]2c2ccccc2Cl)cc1. The molecule has 1 aromatic heterocycles. The molecule has 1 saturated heterocycles. The molecule has 0 spiro atoms. The molecule has 0 saturated carbocycles. The van der Waals surface area contributed by atoms with E-state index in [1.807, 2.05) is 47.1 Å². The van der Waals surface area contributed by atoms with Gasteiger partial charge in [-0.2, -0.15) is 5.10 Å². The number of rotatable bonds is 7. The summed E-state index contributed by atoms with van der Waals surface area (Å²) in [7, 11) is 0. The fraction of sp³-hybridized carbons (Fsp3) is 0.167. The molecule has 1 aliphatic heterocycles. The number of hydrogen-bond acceptors (Lipinski definition) is 4. The van der Waals surface area contributed by atoms with Crippen molar-refractivity contribution in [2.45, 2.75) is 29.2 Å². The van der Waals surface area contributed by atoms with Crippen molar-refractivity contribution in [2.75, 3.05) is 0 Å². The average Bonchev–Trinajstić information content (AvgIpc) is 3.34. The van der Waals surface area contributed by atoms with E-state index in [0.29, 0.717) is 11.6 Å². The van der Waals surface area contributed by atoms with Crippen molar-refractivity contribution < 1.29 is 9.13 Å². The van der Waals surface area contributed by atoms with E-state index in [1.165, 1.54) is 17.7 Å². The van der Waals surface area contributed by atoms with E-state index < -0.39 is 5.60 Å². The van der Waals surface area contributed by atoms with Gasteiger partial charge in [0.2, 0.25) is 0 Å². The van der Waals surface area contributed by atoms with E-state index in [-0.39, 0.29) is 11.9 Å². The zero-order chi connectivity index (χ0) is 21.3. The van der Waals surface area contributed by atoms with Crippen LogP contribution in [0.3, 0.4) is 0 Å². The van der Waals surface area contributed by atoms with Gasteiger partial charge in [-0.3, -0.25) is 0 Å². The topological polar surface area (TPSA) is 43.2 Å². The summed E-state index contributed by atoms with van der Waals surface area (Å²) in [6.45, 7) is 0.450. The normalized spacial score (nSPS) is 20.0. The van der Waals surface area contributed by atoms with Crippen LogP contribution in [0, 0.1) is 5.82 Å². The van der Waals surface area contributed by atoms with Crippen LogP contribution in [0.4, 0.5) is 4.39 Å². The summed E-state index contributed by atoms with van der Waals surface area (Å²) in [6, 6.07) is 24.3. The van der Waals surface area contributed by atoms with Gasteiger partial charge in [-0.15, -0.1) is 0 Å². The molecule has 7 heteroatoms. The van der Waals surface area contributed by atoms with Gasteiger partial charge in [-0.1, -0.05) is 84.0 Å². The van der Waals surface area contributed by atoms with Crippen molar-refractivity contribution in [1.29, 1.82) is 0 Å². The van der Waals surface area contributed by atoms with Crippen LogP contribution in [0.2, 0.25) is 5.02 Å². The van der Waals surface area contributed by atoms with E-state index in [4.69, 9.17) is 16.3 Å². The molecule has 1 fully saturated rings. The molecule has 2 atom stereocenters. The smallest absolute Gasteiger partial charge is 0.186 e. The van der Waals surface area contributed by atoms with Gasteiger partial charge >= 0.3 is 0 Å². The van der Waals surface area contributed by atoms with Crippen LogP contribution < -0.4 is 0 Å². The van der Waals surface area contributed by atoms with Gasteiger partial charge in [0, 0.05) is 16.3 Å². The molecule has 4 aromatic rings. The number of aromatic nitrogens is 3. The summed E-state index contributed by atoms with van der Waals surface area (Å²) in [5, 5.41) is 5.90. The number of epoxide rings is 1. The highest BCUT2D eigenvalue weighted by molar-refractivity contribution is 7.98. The summed E-state index contributed by atoms with van der Waals surface area (Å²) in [4.78, 5) is 4.44. The van der Waals surface area contributed by atoms with Crippen molar-refractivity contribution in [3.8, 4) is 0 Å². The largest absolute Gasteiger partial charge is 0.354 e. The molecule has 0 radical (unpaired) electrons. The Kier molecular flexibility index (Phi) is 5.52. The maximum absolute atomic E-state index is 13.6. The first-order chi connectivity index (χ1) is 15.2. The van der Waals surface area contributed by atoms with Crippen molar-refractivity contribution >= 4 is 23.4 Å². The Bertz CT molecular complexity index is 1180. The molecule has 31 heavy (non-hydrogen) atoms. The maximum Gasteiger partial charge on any atom is 0.186 e. The Balaban J connectivity index is 1.44. The zero-order valence-electron chi connectivity index (χ0n) is 16.5. The summed E-state index contributed by atoms with van der Waals surface area (Å²) >= 11 is 8.07. The minimum Gasteiger partial charge on any atom is -0.354 e. The lowest BCUT2D eigenvalue weighted by Crippen LogP contribution is -2.20. The number of ether oxygens (including phenoxy) is 1. The minimum absolute atomic E-state index is 0.247. The lowest BCUT2D eigenvalue weighted by molar-refractivity contribution is 0.256. The van der Waals surface area contributed by atoms with Crippen LogP contribution in [0.15, 0.2) is 90.3 Å². The third-order valence-electron chi connectivity index (χ3n) is 5.39. The van der Waals surface area contributed by atoms with E-state index in [1.54, 1.807) is 30.2 Å². The van der Waals surface area contributed by atoms with E-state index in [2.05, 4.69) is 22.2 Å². The van der Waals surface area contributed by atoms with Crippen LogP contribution in [0.1, 0.15) is 22.8 Å². The van der Waals surface area contributed by atoms with Crippen LogP contribution in [0.25, 0.3) is 0 Å². The number of nitrogens with zero attached hydrogens (tertiary/aromatic N) is 3. The first-order valence-electron chi connectivity index (χ1n) is 9.88. The molecule has 0 N–H and O–H groups in total. The van der Waals surface area contributed by atoms with Gasteiger partial charge in [-0.05, 0) is 29.3 Å². The Labute approximate surface area is 189 Å². The molecule has 156 valence electrons. The highest BCUT2D eigenvalue weighted by atomic mass is 35.5. The molecule has 3 aromatic carbocycles. The lowest BCUT2D eigenvalue weighted by atomic mass is 9.91. The zero-order valence-corrected chi connectivity index (χ0v) is 18.1. The predicted molar refractivity (Wildman–Crippen MR) is 119 cm³/mol. The highest BCUT2D eigenvalue weighted by Gasteiger charge is 2.59. The second-order valence-electron chi connectivity index (χ2n) is 7.39. The summed E-state index contributed by atoms with van der Waals surface area (Å²) in [5.74, 6) is 0.506. The third-order valence-corrected chi connectivity index (χ3v) is 6.79. The van der Waals surface area contributed by atoms with Gasteiger partial charge in [0.05, 0.1) is 6.54 Å². The van der Waals surface area contributed by atoms with E-state index >= 15 is 0 Å². The van der Waals surface area contributed by atoms with Crippen LogP contribution in [-0.4, -0.2) is 14.8 Å². The Morgan fingerprint density at radius 1 is 1.00 bits per heavy atom. The first kappa shape index (κ1) is 20.2. The molecule has 1 aliphatic rings. The first-order valence-corrected chi connectivity index (χ1v) is 11.2. The van der Waals surface area contributed by atoms with Gasteiger partial charge in [0.1, 0.15) is 23.8 Å². The van der Waals surface area contributed by atoms with Gasteiger partial charge < -0.3 is 4.74 Å². The second kappa shape index (κ2) is 8.46. The van der Waals surface area contributed by atoms with Crippen LogP contribution >= 0.6 is 23.4 Å². The van der Waals surface area contributed by atoms with Crippen molar-refractivity contribution in [3.63, 3.8) is 0 Å². The number of benzene rings is 3.